The molecular formula is C42H36N2O2. The first-order valence-electron chi connectivity index (χ1n) is 15.3. The van der Waals surface area contributed by atoms with E-state index in [-0.39, 0.29) is 0 Å². The maximum absolute atomic E-state index is 5.37. The van der Waals surface area contributed by atoms with Crippen molar-refractivity contribution < 1.29 is 9.47 Å². The Hall–Kier alpha value is -6.00. The van der Waals surface area contributed by atoms with Crippen LogP contribution in [0, 0.1) is 0 Å². The molecule has 6 rings (SSSR count). The monoisotopic (exact) mass is 600 g/mol. The number of rotatable bonds is 13. The van der Waals surface area contributed by atoms with E-state index in [0.717, 1.165) is 56.4 Å². The van der Waals surface area contributed by atoms with Crippen LogP contribution < -0.4 is 9.80 Å². The van der Waals surface area contributed by atoms with Crippen LogP contribution >= 0.6 is 0 Å². The topological polar surface area (TPSA) is 24.9 Å². The van der Waals surface area contributed by atoms with Gasteiger partial charge in [-0.1, -0.05) is 98.1 Å². The minimum absolute atomic E-state index is 0.503. The Morgan fingerprint density at radius 1 is 0.370 bits per heavy atom. The predicted octanol–water partition coefficient (Wildman–Crippen LogP) is 11.6. The molecule has 6 aromatic rings. The van der Waals surface area contributed by atoms with Crippen LogP contribution in [0.15, 0.2) is 183 Å². The number of nitrogens with zero attached hydrogens (tertiary/aromatic N) is 2. The Bertz CT molecular complexity index is 1690. The summed E-state index contributed by atoms with van der Waals surface area (Å²) in [6.45, 7) is 8.28. The summed E-state index contributed by atoms with van der Waals surface area (Å²) in [5, 5.41) is 0. The van der Waals surface area contributed by atoms with Gasteiger partial charge in [-0.3, -0.25) is 0 Å². The van der Waals surface area contributed by atoms with Crippen LogP contribution in [0.4, 0.5) is 34.1 Å². The highest BCUT2D eigenvalue weighted by Crippen LogP contribution is 2.38. The molecule has 0 heterocycles. The molecule has 0 aromatic heterocycles. The lowest BCUT2D eigenvalue weighted by molar-refractivity contribution is 0.237. The van der Waals surface area contributed by atoms with E-state index in [4.69, 9.17) is 9.47 Å². The number of hydrogen-bond acceptors (Lipinski definition) is 4. The number of benzene rings is 6. The molecule has 0 aliphatic rings. The van der Waals surface area contributed by atoms with Crippen LogP contribution in [0.2, 0.25) is 0 Å². The molecule has 0 saturated carbocycles. The molecule has 0 unspecified atom stereocenters. The average Bonchev–Trinajstić information content (AvgIpc) is 3.13. The third-order valence-electron chi connectivity index (χ3n) is 7.74. The first kappa shape index (κ1) is 30.0. The molecule has 0 atom stereocenters. The number of anilines is 6. The second-order valence-electron chi connectivity index (χ2n) is 10.7. The van der Waals surface area contributed by atoms with E-state index in [9.17, 15) is 0 Å². The van der Waals surface area contributed by atoms with Crippen molar-refractivity contribution in [3.63, 3.8) is 0 Å². The molecule has 0 spiro atoms. The van der Waals surface area contributed by atoms with Gasteiger partial charge in [-0.2, -0.15) is 0 Å². The second kappa shape index (κ2) is 14.7. The molecule has 0 saturated heterocycles. The summed E-state index contributed by atoms with van der Waals surface area (Å²) in [7, 11) is 0. The first-order valence-corrected chi connectivity index (χ1v) is 15.3. The molecule has 0 radical (unpaired) electrons. The van der Waals surface area contributed by atoms with Gasteiger partial charge in [-0.05, 0) is 95.1 Å². The van der Waals surface area contributed by atoms with Crippen molar-refractivity contribution in [1.82, 2.24) is 0 Å². The van der Waals surface area contributed by atoms with Crippen LogP contribution in [0.5, 0.6) is 0 Å². The van der Waals surface area contributed by atoms with Crippen LogP contribution in [-0.4, -0.2) is 0 Å². The Balaban J connectivity index is 1.27. The minimum atomic E-state index is 0.503. The maximum atomic E-state index is 5.37. The zero-order valence-corrected chi connectivity index (χ0v) is 25.7. The average molecular weight is 601 g/mol. The van der Waals surface area contributed by atoms with Crippen molar-refractivity contribution in [3.05, 3.63) is 195 Å². The molecule has 4 nitrogen and oxygen atoms in total. The molecule has 0 amide bonds. The Labute approximate surface area is 271 Å². The summed E-state index contributed by atoms with van der Waals surface area (Å²) in [5.74, 6) is 0. The van der Waals surface area contributed by atoms with Gasteiger partial charge in [0.2, 0.25) is 0 Å². The van der Waals surface area contributed by atoms with Crippen molar-refractivity contribution in [3.8, 4) is 11.1 Å². The largest absolute Gasteiger partial charge is 0.497 e. The quantitative estimate of drug-likeness (QED) is 0.123. The smallest absolute Gasteiger partial charge is 0.112 e. The van der Waals surface area contributed by atoms with Crippen molar-refractivity contribution in [1.29, 1.82) is 0 Å². The van der Waals surface area contributed by atoms with E-state index in [1.54, 1.807) is 0 Å². The van der Waals surface area contributed by atoms with E-state index in [1.165, 1.54) is 12.5 Å². The zero-order chi connectivity index (χ0) is 31.6. The number of hydrogen-bond donors (Lipinski definition) is 0. The van der Waals surface area contributed by atoms with Crippen LogP contribution in [0.1, 0.15) is 11.1 Å². The summed E-state index contributed by atoms with van der Waals surface area (Å²) < 4.78 is 10.7. The van der Waals surface area contributed by atoms with Gasteiger partial charge in [0.25, 0.3) is 0 Å². The molecule has 226 valence electrons. The molecule has 46 heavy (non-hydrogen) atoms. The Morgan fingerprint density at radius 2 is 0.652 bits per heavy atom. The highest BCUT2D eigenvalue weighted by molar-refractivity contribution is 5.80. The zero-order valence-electron chi connectivity index (χ0n) is 25.7. The normalized spacial score (nSPS) is 10.5. The van der Waals surface area contributed by atoms with E-state index >= 15 is 0 Å². The van der Waals surface area contributed by atoms with Gasteiger partial charge in [0.05, 0.1) is 12.5 Å². The summed E-state index contributed by atoms with van der Waals surface area (Å²) in [4.78, 5) is 4.52. The molecule has 6 aromatic carbocycles. The highest BCUT2D eigenvalue weighted by Gasteiger charge is 2.15. The van der Waals surface area contributed by atoms with Gasteiger partial charge in [0, 0.05) is 34.1 Å². The van der Waals surface area contributed by atoms with Crippen molar-refractivity contribution in [2.45, 2.75) is 13.2 Å². The van der Waals surface area contributed by atoms with E-state index < -0.39 is 0 Å². The SMILES string of the molecule is C=COCc1ccc(N(c2ccccc2)c2ccc(-c3ccc(N(c4ccccc4)c4ccc(COC=C)cc4)cc3)cc2)cc1. The minimum Gasteiger partial charge on any atom is -0.497 e. The summed E-state index contributed by atoms with van der Waals surface area (Å²) in [6.07, 6.45) is 2.94. The molecule has 0 aliphatic carbocycles. The fraction of sp³-hybridized carbons (Fsp3) is 0.0476. The van der Waals surface area contributed by atoms with Gasteiger partial charge in [0.15, 0.2) is 0 Å². The Morgan fingerprint density at radius 3 is 0.957 bits per heavy atom. The van der Waals surface area contributed by atoms with Crippen molar-refractivity contribution in [2.75, 3.05) is 9.80 Å². The molecular weight excluding hydrogens is 564 g/mol. The summed E-state index contributed by atoms with van der Waals surface area (Å²) in [5.41, 5.74) is 11.0. The molecule has 0 aliphatic heterocycles. The molecule has 0 bridgehead atoms. The van der Waals surface area contributed by atoms with Crippen LogP contribution in [-0.2, 0) is 22.7 Å². The lowest BCUT2D eigenvalue weighted by Gasteiger charge is -2.26. The Kier molecular flexibility index (Phi) is 9.57. The predicted molar refractivity (Wildman–Crippen MR) is 191 cm³/mol. The third-order valence-corrected chi connectivity index (χ3v) is 7.74. The number of ether oxygens (including phenoxy) is 2. The first-order chi connectivity index (χ1) is 22.7. The number of para-hydroxylation sites is 2. The summed E-state index contributed by atoms with van der Waals surface area (Å²) in [6, 6.07) is 55.2. The van der Waals surface area contributed by atoms with Gasteiger partial charge < -0.3 is 19.3 Å². The van der Waals surface area contributed by atoms with Gasteiger partial charge >= 0.3 is 0 Å². The maximum Gasteiger partial charge on any atom is 0.112 e. The standard InChI is InChI=1S/C42H36N2O2/c1-3-45-31-33-15-23-39(24-16-33)43(37-11-7-5-8-12-37)41-27-19-35(20-28-41)36-21-29-42(30-22-36)44(38-13-9-6-10-14-38)40-25-17-34(18-26-40)32-46-4-2/h3-30H,1-2,31-32H2. The van der Waals surface area contributed by atoms with Gasteiger partial charge in [-0.25, -0.2) is 0 Å². The van der Waals surface area contributed by atoms with Crippen LogP contribution in [0.3, 0.4) is 0 Å². The van der Waals surface area contributed by atoms with Gasteiger partial charge in [-0.15, -0.1) is 0 Å². The lowest BCUT2D eigenvalue weighted by atomic mass is 10.0. The van der Waals surface area contributed by atoms with E-state index in [1.807, 2.05) is 12.1 Å². The van der Waals surface area contributed by atoms with E-state index in [0.29, 0.717) is 13.2 Å². The highest BCUT2D eigenvalue weighted by atomic mass is 16.5. The van der Waals surface area contributed by atoms with Crippen LogP contribution in [0.25, 0.3) is 11.1 Å². The lowest BCUT2D eigenvalue weighted by Crippen LogP contribution is -2.10. The fourth-order valence-electron chi connectivity index (χ4n) is 5.45. The third kappa shape index (κ3) is 7.03. The molecule has 0 N–H and O–H groups in total. The van der Waals surface area contributed by atoms with Gasteiger partial charge in [0.1, 0.15) is 13.2 Å². The molecule has 4 heteroatoms. The molecule has 0 fully saturated rings. The fourth-order valence-corrected chi connectivity index (χ4v) is 5.45. The van der Waals surface area contributed by atoms with Crippen molar-refractivity contribution >= 4 is 34.1 Å². The summed E-state index contributed by atoms with van der Waals surface area (Å²) >= 11 is 0. The second-order valence-corrected chi connectivity index (χ2v) is 10.7. The van der Waals surface area contributed by atoms with Crippen molar-refractivity contribution in [2.24, 2.45) is 0 Å². The van der Waals surface area contributed by atoms with E-state index in [2.05, 4.69) is 169 Å².